The van der Waals surface area contributed by atoms with Crippen molar-refractivity contribution in [3.05, 3.63) is 23.3 Å². The van der Waals surface area contributed by atoms with Crippen LogP contribution in [0.1, 0.15) is 20.3 Å². The Hall–Kier alpha value is -1.05. The van der Waals surface area contributed by atoms with E-state index in [1.54, 1.807) is 6.08 Å². The Morgan fingerprint density at radius 3 is 2.91 bits per heavy atom. The molecule has 0 aliphatic carbocycles. The third kappa shape index (κ3) is 2.58. The van der Waals surface area contributed by atoms with Gasteiger partial charge >= 0.3 is 5.97 Å². The Labute approximate surface area is 66.5 Å². The number of hydrogen-bond acceptors (Lipinski definition) is 2. The van der Waals surface area contributed by atoms with Crippen molar-refractivity contribution in [1.29, 1.82) is 0 Å². The molecule has 0 radical (unpaired) electrons. The topological polar surface area (TPSA) is 26.3 Å². The van der Waals surface area contributed by atoms with Crippen molar-refractivity contribution in [1.82, 2.24) is 0 Å². The van der Waals surface area contributed by atoms with Crippen LogP contribution in [0.3, 0.4) is 0 Å². The molecule has 1 heterocycles. The molecule has 0 bridgehead atoms. The van der Waals surface area contributed by atoms with Crippen LogP contribution in [0, 0.1) is 0 Å². The number of ether oxygens (including phenoxy) is 1. The number of carbonyl (C=O) groups excluding carboxylic acids is 1. The van der Waals surface area contributed by atoms with Gasteiger partial charge in [-0.25, -0.2) is 4.79 Å². The second-order valence-electron chi connectivity index (χ2n) is 2.90. The Kier molecular flexibility index (Phi) is 2.47. The van der Waals surface area contributed by atoms with Gasteiger partial charge < -0.3 is 4.74 Å². The lowest BCUT2D eigenvalue weighted by atomic mass is 10.1. The average Bonchev–Trinajstić information content (AvgIpc) is 2.31. The summed E-state index contributed by atoms with van der Waals surface area (Å²) in [5.41, 5.74) is 2.33. The molecule has 0 N–H and O–H groups in total. The maximum atomic E-state index is 10.6. The van der Waals surface area contributed by atoms with E-state index in [0.717, 1.165) is 12.0 Å². The van der Waals surface area contributed by atoms with Crippen molar-refractivity contribution >= 4 is 5.97 Å². The van der Waals surface area contributed by atoms with Gasteiger partial charge in [-0.3, -0.25) is 0 Å². The Morgan fingerprint density at radius 2 is 2.45 bits per heavy atom. The van der Waals surface area contributed by atoms with E-state index in [9.17, 15) is 4.79 Å². The quantitative estimate of drug-likeness (QED) is 0.445. The fraction of sp³-hybridized carbons (Fsp3) is 0.444. The number of carbonyl (C=O) groups is 1. The molecule has 0 fully saturated rings. The minimum atomic E-state index is -0.206. The van der Waals surface area contributed by atoms with Crippen LogP contribution in [0.15, 0.2) is 23.3 Å². The first kappa shape index (κ1) is 8.05. The zero-order valence-corrected chi connectivity index (χ0v) is 6.89. The van der Waals surface area contributed by atoms with E-state index in [0.29, 0.717) is 6.61 Å². The van der Waals surface area contributed by atoms with Crippen molar-refractivity contribution in [2.75, 3.05) is 6.61 Å². The fourth-order valence-corrected chi connectivity index (χ4v) is 0.867. The van der Waals surface area contributed by atoms with Crippen LogP contribution in [0.5, 0.6) is 0 Å². The smallest absolute Gasteiger partial charge is 0.331 e. The van der Waals surface area contributed by atoms with Crippen LogP contribution in [0.25, 0.3) is 0 Å². The summed E-state index contributed by atoms with van der Waals surface area (Å²) in [7, 11) is 0. The number of rotatable bonds is 2. The maximum absolute atomic E-state index is 10.6. The summed E-state index contributed by atoms with van der Waals surface area (Å²) in [5.74, 6) is -0.206. The highest BCUT2D eigenvalue weighted by molar-refractivity contribution is 5.85. The Morgan fingerprint density at radius 1 is 1.73 bits per heavy atom. The molecule has 1 rings (SSSR count). The second kappa shape index (κ2) is 3.37. The summed E-state index contributed by atoms with van der Waals surface area (Å²) in [5, 5.41) is 0. The van der Waals surface area contributed by atoms with Crippen molar-refractivity contribution in [2.24, 2.45) is 0 Å². The lowest BCUT2D eigenvalue weighted by Crippen LogP contribution is -1.91. The van der Waals surface area contributed by atoms with Gasteiger partial charge in [-0.05, 0) is 25.8 Å². The number of esters is 1. The highest BCUT2D eigenvalue weighted by atomic mass is 16.5. The molecule has 0 aromatic heterocycles. The molecule has 0 saturated heterocycles. The van der Waals surface area contributed by atoms with Gasteiger partial charge in [0.25, 0.3) is 0 Å². The molecule has 0 aromatic rings. The molecule has 0 amide bonds. The van der Waals surface area contributed by atoms with Gasteiger partial charge in [-0.2, -0.15) is 0 Å². The van der Waals surface area contributed by atoms with Crippen LogP contribution in [-0.2, 0) is 9.53 Å². The summed E-state index contributed by atoms with van der Waals surface area (Å²) in [6, 6.07) is 0. The summed E-state index contributed by atoms with van der Waals surface area (Å²) in [4.78, 5) is 10.6. The predicted molar refractivity (Wildman–Crippen MR) is 43.1 cm³/mol. The minimum Gasteiger partial charge on any atom is -0.458 e. The molecule has 0 spiro atoms. The summed E-state index contributed by atoms with van der Waals surface area (Å²) < 4.78 is 4.74. The van der Waals surface area contributed by atoms with Crippen molar-refractivity contribution in [3.63, 3.8) is 0 Å². The zero-order valence-electron chi connectivity index (χ0n) is 6.89. The Bertz CT molecular complexity index is 220. The molecule has 1 aliphatic rings. The molecule has 2 heteroatoms. The second-order valence-corrected chi connectivity index (χ2v) is 2.90. The molecule has 0 atom stereocenters. The van der Waals surface area contributed by atoms with E-state index in [4.69, 9.17) is 4.74 Å². The van der Waals surface area contributed by atoms with Gasteiger partial charge in [0.1, 0.15) is 6.61 Å². The highest BCUT2D eigenvalue weighted by Gasteiger charge is 2.10. The van der Waals surface area contributed by atoms with Gasteiger partial charge in [0.15, 0.2) is 0 Å². The highest BCUT2D eigenvalue weighted by Crippen LogP contribution is 2.11. The van der Waals surface area contributed by atoms with Crippen LogP contribution in [-0.4, -0.2) is 12.6 Å². The molecule has 2 nitrogen and oxygen atoms in total. The summed E-state index contributed by atoms with van der Waals surface area (Å²) in [6.45, 7) is 4.55. The lowest BCUT2D eigenvalue weighted by molar-refractivity contribution is -0.134. The van der Waals surface area contributed by atoms with Crippen molar-refractivity contribution in [3.8, 4) is 0 Å². The molecule has 0 unspecified atom stereocenters. The predicted octanol–water partition coefficient (Wildman–Crippen LogP) is 1.83. The fourth-order valence-electron chi connectivity index (χ4n) is 0.867. The first-order valence-corrected chi connectivity index (χ1v) is 3.68. The van der Waals surface area contributed by atoms with Crippen molar-refractivity contribution in [2.45, 2.75) is 20.3 Å². The van der Waals surface area contributed by atoms with E-state index in [-0.39, 0.29) is 5.97 Å². The molecule has 11 heavy (non-hydrogen) atoms. The molecule has 0 saturated carbocycles. The SMILES string of the molecule is CC(C)=CCC1=CC(=O)OC1. The van der Waals surface area contributed by atoms with E-state index in [1.165, 1.54) is 5.57 Å². The van der Waals surface area contributed by atoms with E-state index >= 15 is 0 Å². The van der Waals surface area contributed by atoms with Crippen LogP contribution in [0.4, 0.5) is 0 Å². The van der Waals surface area contributed by atoms with Gasteiger partial charge in [-0.1, -0.05) is 11.6 Å². The van der Waals surface area contributed by atoms with Crippen LogP contribution >= 0.6 is 0 Å². The number of hydrogen-bond donors (Lipinski definition) is 0. The van der Waals surface area contributed by atoms with Gasteiger partial charge in [-0.15, -0.1) is 0 Å². The van der Waals surface area contributed by atoms with E-state index < -0.39 is 0 Å². The van der Waals surface area contributed by atoms with E-state index in [2.05, 4.69) is 6.08 Å². The number of allylic oxidation sites excluding steroid dienone is 2. The summed E-state index contributed by atoms with van der Waals surface area (Å²) in [6.07, 6.45) is 4.50. The first-order valence-electron chi connectivity index (χ1n) is 3.68. The molecule has 60 valence electrons. The molecular weight excluding hydrogens is 140 g/mol. The normalized spacial score (nSPS) is 15.8. The minimum absolute atomic E-state index is 0.206. The third-order valence-electron chi connectivity index (χ3n) is 1.49. The number of cyclic esters (lactones) is 1. The van der Waals surface area contributed by atoms with Crippen LogP contribution < -0.4 is 0 Å². The Balaban J connectivity index is 2.45. The zero-order chi connectivity index (χ0) is 8.27. The monoisotopic (exact) mass is 152 g/mol. The van der Waals surface area contributed by atoms with Crippen molar-refractivity contribution < 1.29 is 9.53 Å². The van der Waals surface area contributed by atoms with Crippen LogP contribution in [0.2, 0.25) is 0 Å². The lowest BCUT2D eigenvalue weighted by Gasteiger charge is -1.94. The average molecular weight is 152 g/mol. The van der Waals surface area contributed by atoms with Gasteiger partial charge in [0.2, 0.25) is 0 Å². The maximum Gasteiger partial charge on any atom is 0.331 e. The van der Waals surface area contributed by atoms with E-state index in [1.807, 2.05) is 13.8 Å². The third-order valence-corrected chi connectivity index (χ3v) is 1.49. The molecule has 1 aliphatic heterocycles. The van der Waals surface area contributed by atoms with Gasteiger partial charge in [0, 0.05) is 6.08 Å². The molecule has 0 aromatic carbocycles. The molecular formula is C9H12O2. The standard InChI is InChI=1S/C9H12O2/c1-7(2)3-4-8-5-9(10)11-6-8/h3,5H,4,6H2,1-2H3. The largest absolute Gasteiger partial charge is 0.458 e. The van der Waals surface area contributed by atoms with Gasteiger partial charge in [0.05, 0.1) is 0 Å². The summed E-state index contributed by atoms with van der Waals surface area (Å²) >= 11 is 0. The first-order chi connectivity index (χ1) is 5.18.